The Kier molecular flexibility index (Phi) is 9.65. The second-order valence-electron chi connectivity index (χ2n) is 14.0. The summed E-state index contributed by atoms with van der Waals surface area (Å²) < 4.78 is 59.2. The van der Waals surface area contributed by atoms with Gasteiger partial charge in [0, 0.05) is 17.7 Å². The maximum absolute atomic E-state index is 14.4. The van der Waals surface area contributed by atoms with E-state index in [4.69, 9.17) is 14.2 Å². The highest BCUT2D eigenvalue weighted by molar-refractivity contribution is 7.91. The van der Waals surface area contributed by atoms with Gasteiger partial charge in [-0.05, 0) is 71.1 Å². The van der Waals surface area contributed by atoms with E-state index in [-0.39, 0.29) is 30.7 Å². The average molecular weight is 732 g/mol. The molecule has 3 heterocycles. The number of fused-ring (bicyclic) bond motifs is 3. The molecule has 4 N–H and O–H groups in total. The summed E-state index contributed by atoms with van der Waals surface area (Å²) in [6.07, 6.45) is 3.04. The Hall–Kier alpha value is -4.51. The third-order valence-electron chi connectivity index (χ3n) is 10.3. The highest BCUT2D eigenvalue weighted by Gasteiger charge is 2.63. The minimum Gasteiger partial charge on any atom is -0.494 e. The molecule has 2 aromatic rings. The van der Waals surface area contributed by atoms with Crippen LogP contribution in [-0.2, 0) is 29.1 Å². The lowest BCUT2D eigenvalue weighted by Gasteiger charge is -2.32. The highest BCUT2D eigenvalue weighted by Crippen LogP contribution is 2.47. The van der Waals surface area contributed by atoms with Gasteiger partial charge in [-0.15, -0.1) is 0 Å². The molecule has 4 amide bonds. The van der Waals surface area contributed by atoms with Gasteiger partial charge in [-0.1, -0.05) is 12.2 Å². The second-order valence-corrected chi connectivity index (χ2v) is 16.2. The number of pyridine rings is 1. The van der Waals surface area contributed by atoms with Gasteiger partial charge in [-0.25, -0.2) is 22.6 Å². The van der Waals surface area contributed by atoms with Crippen LogP contribution in [0, 0.1) is 11.7 Å². The summed E-state index contributed by atoms with van der Waals surface area (Å²) in [5.41, 5.74) is -1.61. The number of sulfonamides is 1. The van der Waals surface area contributed by atoms with Gasteiger partial charge in [0.25, 0.3) is 5.91 Å². The zero-order valence-corrected chi connectivity index (χ0v) is 29.5. The Morgan fingerprint density at radius 2 is 1.94 bits per heavy atom. The monoisotopic (exact) mass is 731 g/mol. The van der Waals surface area contributed by atoms with Gasteiger partial charge in [0.2, 0.25) is 27.7 Å². The van der Waals surface area contributed by atoms with Crippen molar-refractivity contribution >= 4 is 44.6 Å². The normalized spacial score (nSPS) is 30.6. The van der Waals surface area contributed by atoms with Gasteiger partial charge in [-0.3, -0.25) is 19.1 Å². The van der Waals surface area contributed by atoms with Crippen LogP contribution >= 0.6 is 0 Å². The van der Waals surface area contributed by atoms with Crippen LogP contribution in [0.5, 0.6) is 11.6 Å². The van der Waals surface area contributed by atoms with Crippen LogP contribution in [0.3, 0.4) is 0 Å². The molecule has 1 saturated heterocycles. The number of benzene rings is 1. The van der Waals surface area contributed by atoms with E-state index in [1.807, 2.05) is 6.08 Å². The number of carboxylic acid groups (broad SMARTS) is 1. The first-order chi connectivity index (χ1) is 24.1. The Balaban J connectivity index is 1.35. The van der Waals surface area contributed by atoms with E-state index in [0.717, 1.165) is 4.90 Å². The number of nitrogens with zero attached hydrogens (tertiary/aromatic N) is 2. The lowest BCUT2D eigenvalue weighted by Crippen LogP contribution is -2.60. The topological polar surface area (TPSA) is 203 Å². The molecule has 276 valence electrons. The van der Waals surface area contributed by atoms with E-state index < -0.39 is 86.3 Å². The molecule has 51 heavy (non-hydrogen) atoms. The molecule has 2 aliphatic carbocycles. The quantitative estimate of drug-likeness (QED) is 0.305. The van der Waals surface area contributed by atoms with Crippen LogP contribution in [0.15, 0.2) is 36.5 Å². The van der Waals surface area contributed by atoms with E-state index in [1.165, 1.54) is 31.5 Å². The third kappa shape index (κ3) is 7.18. The molecule has 2 aliphatic heterocycles. The number of amides is 4. The van der Waals surface area contributed by atoms with Gasteiger partial charge >= 0.3 is 6.09 Å². The predicted octanol–water partition coefficient (Wildman–Crippen LogP) is 2.38. The molecule has 0 bridgehead atoms. The summed E-state index contributed by atoms with van der Waals surface area (Å²) in [4.78, 5) is 59.6. The molecule has 17 heteroatoms. The molecule has 7 atom stereocenters. The van der Waals surface area contributed by atoms with Gasteiger partial charge in [-0.2, -0.15) is 0 Å². The highest BCUT2D eigenvalue weighted by atomic mass is 32.2. The minimum absolute atomic E-state index is 0.0126. The molecule has 1 aromatic carbocycles. The average Bonchev–Trinajstić information content (AvgIpc) is 3.95. The third-order valence-corrected chi connectivity index (χ3v) is 12.4. The van der Waals surface area contributed by atoms with Crippen molar-refractivity contribution in [3.63, 3.8) is 0 Å². The first-order valence-corrected chi connectivity index (χ1v) is 18.4. The van der Waals surface area contributed by atoms with Crippen molar-refractivity contribution in [2.45, 2.75) is 100.0 Å². The Labute approximate surface area is 294 Å². The smallest absolute Gasteiger partial charge is 0.405 e. The number of rotatable bonds is 7. The molecule has 0 unspecified atom stereocenters. The summed E-state index contributed by atoms with van der Waals surface area (Å²) in [5.74, 6) is -3.13. The molecular weight excluding hydrogens is 689 g/mol. The first-order valence-electron chi connectivity index (χ1n) is 16.9. The summed E-state index contributed by atoms with van der Waals surface area (Å²) in [6.45, 7) is 4.67. The van der Waals surface area contributed by atoms with E-state index >= 15 is 0 Å². The van der Waals surface area contributed by atoms with E-state index in [2.05, 4.69) is 20.3 Å². The summed E-state index contributed by atoms with van der Waals surface area (Å²) >= 11 is 0. The molecule has 6 rings (SSSR count). The van der Waals surface area contributed by atoms with Crippen molar-refractivity contribution in [3.05, 3.63) is 42.4 Å². The SMILES string of the molecule is COc1cnc(O[C@@H]2C[C@H]3C(=O)N[C@]4(C(=O)NS(=O)(=O)C5(C)CC5)C[C@H]4C=CCC[C@@H](C)O[C@@H](C)[C@H](NC(=O)O)C(=O)N3C2)c2cc(F)ccc12. The summed E-state index contributed by atoms with van der Waals surface area (Å²) in [5, 5.41) is 15.5. The number of aromatic nitrogens is 1. The largest absolute Gasteiger partial charge is 0.494 e. The number of carbonyl (C=O) groups excluding carboxylic acids is 3. The number of carbonyl (C=O) groups is 4. The van der Waals surface area contributed by atoms with Crippen molar-refractivity contribution in [1.82, 2.24) is 25.2 Å². The van der Waals surface area contributed by atoms with Crippen LogP contribution in [0.4, 0.5) is 9.18 Å². The van der Waals surface area contributed by atoms with Crippen LogP contribution < -0.4 is 24.8 Å². The molecule has 3 fully saturated rings. The van der Waals surface area contributed by atoms with Crippen molar-refractivity contribution in [2.24, 2.45) is 5.92 Å². The zero-order valence-electron chi connectivity index (χ0n) is 28.7. The van der Waals surface area contributed by atoms with Crippen LogP contribution in [-0.4, -0.2) is 102 Å². The van der Waals surface area contributed by atoms with E-state index in [0.29, 0.717) is 36.8 Å². The maximum atomic E-state index is 14.4. The van der Waals surface area contributed by atoms with Crippen LogP contribution in [0.25, 0.3) is 10.8 Å². The number of allylic oxidation sites excluding steroid dienone is 1. The lowest BCUT2D eigenvalue weighted by atomic mass is 10.1. The maximum Gasteiger partial charge on any atom is 0.405 e. The fraction of sp³-hybridized carbons (Fsp3) is 0.559. The predicted molar refractivity (Wildman–Crippen MR) is 180 cm³/mol. The number of halogens is 1. The number of ether oxygens (including phenoxy) is 3. The lowest BCUT2D eigenvalue weighted by molar-refractivity contribution is -0.144. The molecule has 0 radical (unpaired) electrons. The Bertz CT molecular complexity index is 1890. The van der Waals surface area contributed by atoms with Crippen LogP contribution in [0.2, 0.25) is 0 Å². The number of hydrogen-bond acceptors (Lipinski definition) is 10. The molecule has 1 aromatic heterocycles. The number of hydrogen-bond donors (Lipinski definition) is 4. The molecule has 2 saturated carbocycles. The van der Waals surface area contributed by atoms with Crippen molar-refractivity contribution in [1.29, 1.82) is 0 Å². The Morgan fingerprint density at radius 3 is 2.63 bits per heavy atom. The number of methoxy groups -OCH3 is 1. The fourth-order valence-corrected chi connectivity index (χ4v) is 8.13. The van der Waals surface area contributed by atoms with Gasteiger partial charge in [0.05, 0.1) is 42.2 Å². The first kappa shape index (κ1) is 36.3. The minimum atomic E-state index is -4.04. The van der Waals surface area contributed by atoms with Crippen LogP contribution in [0.1, 0.15) is 59.3 Å². The zero-order chi connectivity index (χ0) is 36.9. The fourth-order valence-electron chi connectivity index (χ4n) is 6.82. The van der Waals surface area contributed by atoms with Crippen molar-refractivity contribution in [3.8, 4) is 11.6 Å². The number of nitrogens with one attached hydrogen (secondary N) is 3. The van der Waals surface area contributed by atoms with E-state index in [9.17, 15) is 37.1 Å². The molecule has 4 aliphatic rings. The molecular formula is C34H42FN5O10S. The summed E-state index contributed by atoms with van der Waals surface area (Å²) in [7, 11) is -2.60. The van der Waals surface area contributed by atoms with Gasteiger partial charge in [0.15, 0.2) is 0 Å². The van der Waals surface area contributed by atoms with Gasteiger partial charge < -0.3 is 34.9 Å². The molecule has 15 nitrogen and oxygen atoms in total. The van der Waals surface area contributed by atoms with E-state index in [1.54, 1.807) is 26.8 Å². The van der Waals surface area contributed by atoms with Gasteiger partial charge in [0.1, 0.15) is 35.3 Å². The summed E-state index contributed by atoms with van der Waals surface area (Å²) in [6, 6.07) is 1.27. The van der Waals surface area contributed by atoms with Crippen molar-refractivity contribution < 1.29 is 51.3 Å². The standard InChI is InChI=1S/C34H42FN5O10S/c1-18-7-5-6-8-20-15-34(20,31(43)39-51(46,47)33(3)11-12-33)38-28(41)25-14-22(17-40(25)30(42)27(19(2)49-18)37-32(44)45)50-29-24-13-21(35)9-10-23(24)26(48-4)16-36-29/h6,8-10,13,16,18-20,22,25,27,37H,5,7,11-12,14-15,17H2,1-4H3,(H,38,41)(H,39,43)(H,44,45)/t18-,19+,20-,22-,25+,27+,34-/m1/s1. The van der Waals surface area contributed by atoms with Crippen molar-refractivity contribution in [2.75, 3.05) is 13.7 Å². The Morgan fingerprint density at radius 1 is 1.20 bits per heavy atom. The second kappa shape index (κ2) is 13.6. The molecule has 0 spiro atoms.